The molecule has 4 aromatic rings. The zero-order chi connectivity index (χ0) is 20.6. The van der Waals surface area contributed by atoms with Crippen LogP contribution in [0.3, 0.4) is 0 Å². The lowest BCUT2D eigenvalue weighted by molar-refractivity contribution is -0.121. The van der Waals surface area contributed by atoms with Crippen LogP contribution in [0.4, 0.5) is 5.69 Å². The molecule has 0 saturated heterocycles. The monoisotopic (exact) mass is 417 g/mol. The summed E-state index contributed by atoms with van der Waals surface area (Å²) in [5.74, 6) is 0.521. The summed E-state index contributed by atoms with van der Waals surface area (Å²) in [5.41, 5.74) is 3.37. The molecular formula is C24H20ClN3O2. The fourth-order valence-electron chi connectivity index (χ4n) is 4.26. The highest BCUT2D eigenvalue weighted by molar-refractivity contribution is 6.30. The van der Waals surface area contributed by atoms with Crippen LogP contribution >= 0.6 is 11.6 Å². The van der Waals surface area contributed by atoms with Crippen molar-refractivity contribution in [1.29, 1.82) is 0 Å². The molecule has 1 saturated carbocycles. The van der Waals surface area contributed by atoms with Crippen molar-refractivity contribution in [3.63, 3.8) is 0 Å². The normalized spacial score (nSPS) is 15.4. The first-order valence-corrected chi connectivity index (χ1v) is 10.4. The van der Waals surface area contributed by atoms with E-state index < -0.39 is 5.41 Å². The number of halogens is 1. The van der Waals surface area contributed by atoms with Crippen molar-refractivity contribution < 1.29 is 9.21 Å². The van der Waals surface area contributed by atoms with Gasteiger partial charge in [-0.2, -0.15) is 0 Å². The molecule has 30 heavy (non-hydrogen) atoms. The summed E-state index contributed by atoms with van der Waals surface area (Å²) >= 11 is 6.05. The van der Waals surface area contributed by atoms with E-state index in [1.165, 1.54) is 0 Å². The third-order valence-corrected chi connectivity index (χ3v) is 6.09. The molecule has 150 valence electrons. The number of aromatic nitrogens is 2. The van der Waals surface area contributed by atoms with E-state index in [0.717, 1.165) is 36.8 Å². The second kappa shape index (κ2) is 7.58. The molecule has 1 aliphatic carbocycles. The zero-order valence-corrected chi connectivity index (χ0v) is 17.0. The van der Waals surface area contributed by atoms with Gasteiger partial charge in [-0.15, -0.1) is 0 Å². The number of pyridine rings is 1. The Morgan fingerprint density at radius 1 is 1.07 bits per heavy atom. The minimum absolute atomic E-state index is 0.0117. The minimum Gasteiger partial charge on any atom is -0.436 e. The number of hydrogen-bond acceptors (Lipinski definition) is 4. The summed E-state index contributed by atoms with van der Waals surface area (Å²) in [6, 6.07) is 16.9. The van der Waals surface area contributed by atoms with Gasteiger partial charge in [0.05, 0.1) is 11.0 Å². The molecule has 1 aliphatic rings. The van der Waals surface area contributed by atoms with Crippen molar-refractivity contribution >= 4 is 34.3 Å². The molecule has 1 amide bonds. The molecule has 0 spiro atoms. The molecule has 0 radical (unpaired) electrons. The fourth-order valence-corrected chi connectivity index (χ4v) is 4.39. The van der Waals surface area contributed by atoms with Crippen molar-refractivity contribution in [3.05, 3.63) is 77.6 Å². The number of anilines is 1. The standard InChI is InChI=1S/C24H20ClN3O2/c25-18-7-5-17(6-8-18)24(11-1-2-12-24)23(29)27-19-9-10-21-20(14-19)28-22(30-21)16-4-3-13-26-15-16/h3-10,13-15H,1-2,11-12H2,(H,27,29). The molecule has 0 atom stereocenters. The van der Waals surface area contributed by atoms with Gasteiger partial charge in [-0.1, -0.05) is 36.6 Å². The fraction of sp³-hybridized carbons (Fsp3) is 0.208. The maximum Gasteiger partial charge on any atom is 0.235 e. The third-order valence-electron chi connectivity index (χ3n) is 5.84. The summed E-state index contributed by atoms with van der Waals surface area (Å²) in [6.45, 7) is 0. The molecule has 0 aliphatic heterocycles. The summed E-state index contributed by atoms with van der Waals surface area (Å²) in [5, 5.41) is 3.79. The van der Waals surface area contributed by atoms with Crippen LogP contribution in [0, 0.1) is 0 Å². The van der Waals surface area contributed by atoms with Crippen LogP contribution in [-0.2, 0) is 10.2 Å². The van der Waals surface area contributed by atoms with Crippen LogP contribution in [-0.4, -0.2) is 15.9 Å². The maximum absolute atomic E-state index is 13.4. The van der Waals surface area contributed by atoms with E-state index in [9.17, 15) is 4.79 Å². The average Bonchev–Trinajstić information content (AvgIpc) is 3.43. The summed E-state index contributed by atoms with van der Waals surface area (Å²) in [4.78, 5) is 22.1. The highest BCUT2D eigenvalue weighted by Crippen LogP contribution is 2.42. The third kappa shape index (κ3) is 3.35. The molecule has 1 fully saturated rings. The van der Waals surface area contributed by atoms with Crippen LogP contribution in [0.25, 0.3) is 22.6 Å². The van der Waals surface area contributed by atoms with Crippen LogP contribution < -0.4 is 5.32 Å². The summed E-state index contributed by atoms with van der Waals surface area (Å²) in [6.07, 6.45) is 7.15. The SMILES string of the molecule is O=C(Nc1ccc2oc(-c3cccnc3)nc2c1)C1(c2ccc(Cl)cc2)CCCC1. The Kier molecular flexibility index (Phi) is 4.75. The molecule has 2 aromatic heterocycles. The van der Waals surface area contributed by atoms with Crippen LogP contribution in [0.15, 0.2) is 71.4 Å². The molecule has 5 nitrogen and oxygen atoms in total. The smallest absolute Gasteiger partial charge is 0.235 e. The molecular weight excluding hydrogens is 398 g/mol. The lowest BCUT2D eigenvalue weighted by atomic mass is 9.78. The van der Waals surface area contributed by atoms with E-state index in [1.807, 2.05) is 54.6 Å². The Bertz CT molecular complexity index is 1200. The number of amides is 1. The Labute approximate surface area is 179 Å². The van der Waals surface area contributed by atoms with Gasteiger partial charge in [0, 0.05) is 23.1 Å². The first-order valence-electron chi connectivity index (χ1n) is 10.0. The molecule has 5 rings (SSSR count). The van der Waals surface area contributed by atoms with Gasteiger partial charge in [0.15, 0.2) is 5.58 Å². The van der Waals surface area contributed by atoms with Crippen LogP contribution in [0.5, 0.6) is 0 Å². The predicted molar refractivity (Wildman–Crippen MR) is 117 cm³/mol. The van der Waals surface area contributed by atoms with E-state index in [1.54, 1.807) is 12.4 Å². The largest absolute Gasteiger partial charge is 0.436 e. The van der Waals surface area contributed by atoms with Crippen molar-refractivity contribution in [3.8, 4) is 11.5 Å². The van der Waals surface area contributed by atoms with Crippen LogP contribution in [0.2, 0.25) is 5.02 Å². The van der Waals surface area contributed by atoms with E-state index in [0.29, 0.717) is 27.7 Å². The van der Waals surface area contributed by atoms with Gasteiger partial charge in [0.1, 0.15) is 5.52 Å². The number of fused-ring (bicyclic) bond motifs is 1. The van der Waals surface area contributed by atoms with Gasteiger partial charge in [-0.25, -0.2) is 4.98 Å². The van der Waals surface area contributed by atoms with Crippen molar-refractivity contribution in [2.24, 2.45) is 0 Å². The van der Waals surface area contributed by atoms with E-state index in [2.05, 4.69) is 15.3 Å². The van der Waals surface area contributed by atoms with Gasteiger partial charge >= 0.3 is 0 Å². The van der Waals surface area contributed by atoms with E-state index >= 15 is 0 Å². The highest BCUT2D eigenvalue weighted by Gasteiger charge is 2.42. The number of carbonyl (C=O) groups excluding carboxylic acids is 1. The van der Waals surface area contributed by atoms with Gasteiger partial charge in [-0.05, 0) is 60.9 Å². The Morgan fingerprint density at radius 3 is 2.60 bits per heavy atom. The van der Waals surface area contributed by atoms with Gasteiger partial charge in [0.25, 0.3) is 0 Å². The lowest BCUT2D eigenvalue weighted by Crippen LogP contribution is -2.37. The number of rotatable bonds is 4. The van der Waals surface area contributed by atoms with Crippen molar-refractivity contribution in [2.75, 3.05) is 5.32 Å². The Morgan fingerprint density at radius 2 is 1.87 bits per heavy atom. The van der Waals surface area contributed by atoms with Gasteiger partial charge in [-0.3, -0.25) is 9.78 Å². The number of benzene rings is 2. The predicted octanol–water partition coefficient (Wildman–Crippen LogP) is 5.99. The van der Waals surface area contributed by atoms with E-state index in [-0.39, 0.29) is 5.91 Å². The Hall–Kier alpha value is -3.18. The molecule has 2 aromatic carbocycles. The molecule has 6 heteroatoms. The lowest BCUT2D eigenvalue weighted by Gasteiger charge is -2.28. The number of nitrogens with one attached hydrogen (secondary N) is 1. The van der Waals surface area contributed by atoms with Crippen molar-refractivity contribution in [2.45, 2.75) is 31.1 Å². The summed E-state index contributed by atoms with van der Waals surface area (Å²) < 4.78 is 5.84. The quantitative estimate of drug-likeness (QED) is 0.442. The van der Waals surface area contributed by atoms with Gasteiger partial charge in [0.2, 0.25) is 11.8 Å². The second-order valence-electron chi connectivity index (χ2n) is 7.69. The van der Waals surface area contributed by atoms with E-state index in [4.69, 9.17) is 16.0 Å². The topological polar surface area (TPSA) is 68.0 Å². The molecule has 2 heterocycles. The van der Waals surface area contributed by atoms with Crippen molar-refractivity contribution in [1.82, 2.24) is 9.97 Å². The average molecular weight is 418 g/mol. The number of nitrogens with zero attached hydrogens (tertiary/aromatic N) is 2. The number of oxazole rings is 1. The molecule has 0 bridgehead atoms. The molecule has 0 unspecified atom stereocenters. The van der Waals surface area contributed by atoms with Gasteiger partial charge < -0.3 is 9.73 Å². The maximum atomic E-state index is 13.4. The Balaban J connectivity index is 1.44. The first kappa shape index (κ1) is 18.8. The molecule has 1 N–H and O–H groups in total. The van der Waals surface area contributed by atoms with Crippen LogP contribution in [0.1, 0.15) is 31.2 Å². The number of carbonyl (C=O) groups is 1. The summed E-state index contributed by atoms with van der Waals surface area (Å²) in [7, 11) is 0. The number of hydrogen-bond donors (Lipinski definition) is 1. The zero-order valence-electron chi connectivity index (χ0n) is 16.3. The second-order valence-corrected chi connectivity index (χ2v) is 8.13. The highest BCUT2D eigenvalue weighted by atomic mass is 35.5. The minimum atomic E-state index is -0.524. The first-order chi connectivity index (χ1) is 14.6.